The Bertz CT molecular complexity index is 336. The van der Waals surface area contributed by atoms with Crippen LogP contribution in [0.3, 0.4) is 0 Å². The van der Waals surface area contributed by atoms with E-state index >= 15 is 0 Å². The molecule has 3 N–H and O–H groups in total. The van der Waals surface area contributed by atoms with Crippen LogP contribution in [0.4, 0.5) is 0 Å². The second kappa shape index (κ2) is 4.76. The minimum absolute atomic E-state index is 0.0155. The summed E-state index contributed by atoms with van der Waals surface area (Å²) in [6.07, 6.45) is 6.69. The van der Waals surface area contributed by atoms with Gasteiger partial charge in [0.1, 0.15) is 0 Å². The molecule has 0 aromatic carbocycles. The lowest BCUT2D eigenvalue weighted by Gasteiger charge is -2.53. The molecule has 0 aliphatic heterocycles. The molecule has 19 heavy (non-hydrogen) atoms. The number of carbonyl (C=O) groups excluding carboxylic acids is 1. The van der Waals surface area contributed by atoms with Crippen LogP contribution in [-0.4, -0.2) is 19.0 Å². The highest BCUT2D eigenvalue weighted by molar-refractivity contribution is 5.79. The summed E-state index contributed by atoms with van der Waals surface area (Å²) in [5.74, 6) is 3.85. The lowest BCUT2D eigenvalue weighted by atomic mass is 9.51. The molecule has 0 aromatic rings. The SMILES string of the molecule is CC(C)(CN)CNC(=O)C1C2CC3CC(C2)CC1C3. The molecular formula is C16H28N2O. The van der Waals surface area contributed by atoms with Crippen molar-refractivity contribution in [2.45, 2.75) is 46.0 Å². The van der Waals surface area contributed by atoms with Gasteiger partial charge in [-0.2, -0.15) is 0 Å². The van der Waals surface area contributed by atoms with Crippen molar-refractivity contribution < 1.29 is 4.79 Å². The number of carbonyl (C=O) groups is 1. The number of nitrogens with one attached hydrogen (secondary N) is 1. The largest absolute Gasteiger partial charge is 0.355 e. The number of hydrogen-bond acceptors (Lipinski definition) is 2. The molecule has 4 aliphatic rings. The maximum atomic E-state index is 12.5. The molecule has 4 fully saturated rings. The second-order valence-corrected chi connectivity index (χ2v) is 8.04. The summed E-state index contributed by atoms with van der Waals surface area (Å²) in [5, 5.41) is 3.18. The first-order chi connectivity index (χ1) is 8.98. The third-order valence-electron chi connectivity index (χ3n) is 5.82. The Labute approximate surface area is 116 Å². The first-order valence-electron chi connectivity index (χ1n) is 7.96. The third-order valence-corrected chi connectivity index (χ3v) is 5.82. The van der Waals surface area contributed by atoms with Crippen LogP contribution in [0.15, 0.2) is 0 Å². The zero-order valence-corrected chi connectivity index (χ0v) is 12.3. The Hall–Kier alpha value is -0.570. The van der Waals surface area contributed by atoms with E-state index in [0.717, 1.165) is 11.8 Å². The van der Waals surface area contributed by atoms with Gasteiger partial charge in [-0.05, 0) is 67.7 Å². The van der Waals surface area contributed by atoms with Crippen LogP contribution >= 0.6 is 0 Å². The van der Waals surface area contributed by atoms with Crippen LogP contribution in [-0.2, 0) is 4.79 Å². The predicted molar refractivity (Wildman–Crippen MR) is 76.4 cm³/mol. The molecule has 4 aliphatic carbocycles. The minimum atomic E-state index is 0.0155. The van der Waals surface area contributed by atoms with Gasteiger partial charge in [0.25, 0.3) is 0 Å². The first kappa shape index (κ1) is 13.4. The smallest absolute Gasteiger partial charge is 0.223 e. The molecule has 0 spiro atoms. The second-order valence-electron chi connectivity index (χ2n) is 8.04. The van der Waals surface area contributed by atoms with E-state index in [1.165, 1.54) is 32.1 Å². The fourth-order valence-electron chi connectivity index (χ4n) is 4.87. The summed E-state index contributed by atoms with van der Waals surface area (Å²) >= 11 is 0. The molecule has 0 saturated heterocycles. The van der Waals surface area contributed by atoms with Crippen molar-refractivity contribution in [2.75, 3.05) is 13.1 Å². The molecule has 0 radical (unpaired) electrons. The summed E-state index contributed by atoms with van der Waals surface area (Å²) in [4.78, 5) is 12.5. The molecule has 108 valence electrons. The van der Waals surface area contributed by atoms with Crippen LogP contribution in [0.1, 0.15) is 46.0 Å². The van der Waals surface area contributed by atoms with Gasteiger partial charge in [-0.3, -0.25) is 4.79 Å². The lowest BCUT2D eigenvalue weighted by Crippen LogP contribution is -2.52. The number of rotatable bonds is 4. The van der Waals surface area contributed by atoms with Gasteiger partial charge >= 0.3 is 0 Å². The Morgan fingerprint density at radius 2 is 1.63 bits per heavy atom. The maximum Gasteiger partial charge on any atom is 0.223 e. The van der Waals surface area contributed by atoms with Gasteiger partial charge in [-0.15, -0.1) is 0 Å². The molecule has 0 aromatic heterocycles. The van der Waals surface area contributed by atoms with Gasteiger partial charge in [0, 0.05) is 12.5 Å². The fraction of sp³-hybridized carbons (Fsp3) is 0.938. The third kappa shape index (κ3) is 2.54. The van der Waals surface area contributed by atoms with Crippen molar-refractivity contribution in [1.82, 2.24) is 5.32 Å². The molecule has 4 bridgehead atoms. The van der Waals surface area contributed by atoms with Gasteiger partial charge in [0.15, 0.2) is 0 Å². The Kier molecular flexibility index (Phi) is 3.36. The number of amides is 1. The van der Waals surface area contributed by atoms with E-state index in [-0.39, 0.29) is 5.41 Å². The zero-order chi connectivity index (χ0) is 13.6. The monoisotopic (exact) mass is 264 g/mol. The standard InChI is InChI=1S/C16H28N2O/c1-16(2,8-17)9-18-15(19)14-12-4-10-3-11(6-12)7-13(14)5-10/h10-14H,3-9,17H2,1-2H3,(H,18,19). The van der Waals surface area contributed by atoms with Gasteiger partial charge in [0.2, 0.25) is 5.91 Å². The van der Waals surface area contributed by atoms with Crippen molar-refractivity contribution in [3.05, 3.63) is 0 Å². The summed E-state index contributed by atoms with van der Waals surface area (Å²) in [6, 6.07) is 0. The van der Waals surface area contributed by atoms with Crippen LogP contribution < -0.4 is 11.1 Å². The Morgan fingerprint density at radius 3 is 2.11 bits per heavy atom. The van der Waals surface area contributed by atoms with Crippen molar-refractivity contribution >= 4 is 5.91 Å². The predicted octanol–water partition coefficient (Wildman–Crippen LogP) is 2.16. The number of hydrogen-bond donors (Lipinski definition) is 2. The van der Waals surface area contributed by atoms with Gasteiger partial charge in [0.05, 0.1) is 0 Å². The Balaban J connectivity index is 1.61. The van der Waals surface area contributed by atoms with Crippen LogP contribution in [0.5, 0.6) is 0 Å². The summed E-state index contributed by atoms with van der Waals surface area (Å²) in [7, 11) is 0. The van der Waals surface area contributed by atoms with Crippen molar-refractivity contribution in [2.24, 2.45) is 40.7 Å². The fourth-order valence-corrected chi connectivity index (χ4v) is 4.87. The van der Waals surface area contributed by atoms with Crippen molar-refractivity contribution in [3.63, 3.8) is 0 Å². The topological polar surface area (TPSA) is 55.1 Å². The molecule has 1 amide bonds. The van der Waals surface area contributed by atoms with E-state index in [0.29, 0.717) is 36.8 Å². The van der Waals surface area contributed by atoms with Crippen molar-refractivity contribution in [1.29, 1.82) is 0 Å². The minimum Gasteiger partial charge on any atom is -0.355 e. The van der Waals surface area contributed by atoms with E-state index < -0.39 is 0 Å². The molecule has 3 heteroatoms. The molecule has 0 unspecified atom stereocenters. The maximum absolute atomic E-state index is 12.5. The van der Waals surface area contributed by atoms with Crippen LogP contribution in [0, 0.1) is 35.0 Å². The van der Waals surface area contributed by atoms with Gasteiger partial charge < -0.3 is 11.1 Å². The van der Waals surface area contributed by atoms with E-state index in [2.05, 4.69) is 19.2 Å². The van der Waals surface area contributed by atoms with Crippen molar-refractivity contribution in [3.8, 4) is 0 Å². The highest BCUT2D eigenvalue weighted by Crippen LogP contribution is 2.56. The molecule has 4 saturated carbocycles. The zero-order valence-electron chi connectivity index (χ0n) is 12.3. The molecule has 3 nitrogen and oxygen atoms in total. The van der Waals surface area contributed by atoms with E-state index in [1.54, 1.807) is 0 Å². The van der Waals surface area contributed by atoms with E-state index in [9.17, 15) is 4.79 Å². The van der Waals surface area contributed by atoms with E-state index in [1.807, 2.05) is 0 Å². The first-order valence-corrected chi connectivity index (χ1v) is 7.96. The highest BCUT2D eigenvalue weighted by Gasteiger charge is 2.50. The lowest BCUT2D eigenvalue weighted by molar-refractivity contribution is -0.138. The molecular weight excluding hydrogens is 236 g/mol. The average Bonchev–Trinajstić information content (AvgIpc) is 2.35. The molecule has 0 atom stereocenters. The quantitative estimate of drug-likeness (QED) is 0.817. The summed E-state index contributed by atoms with van der Waals surface area (Å²) in [5.41, 5.74) is 5.75. The summed E-state index contributed by atoms with van der Waals surface area (Å²) in [6.45, 7) is 5.56. The Morgan fingerprint density at radius 1 is 1.11 bits per heavy atom. The molecule has 0 heterocycles. The van der Waals surface area contributed by atoms with Crippen LogP contribution in [0.25, 0.3) is 0 Å². The van der Waals surface area contributed by atoms with E-state index in [4.69, 9.17) is 5.73 Å². The summed E-state index contributed by atoms with van der Waals surface area (Å²) < 4.78 is 0. The van der Waals surface area contributed by atoms with Gasteiger partial charge in [-0.1, -0.05) is 13.8 Å². The number of nitrogens with two attached hydrogens (primary N) is 1. The van der Waals surface area contributed by atoms with Crippen LogP contribution in [0.2, 0.25) is 0 Å². The average molecular weight is 264 g/mol. The molecule has 4 rings (SSSR count). The highest BCUT2D eigenvalue weighted by atomic mass is 16.1. The van der Waals surface area contributed by atoms with Gasteiger partial charge in [-0.25, -0.2) is 0 Å². The normalized spacial score (nSPS) is 40.5.